The molecule has 0 atom stereocenters. The lowest BCUT2D eigenvalue weighted by atomic mass is 10.1. The summed E-state index contributed by atoms with van der Waals surface area (Å²) < 4.78 is 38.3. The smallest absolute Gasteiger partial charge is 0.222 e. The van der Waals surface area contributed by atoms with Crippen LogP contribution in [0.4, 0.5) is 0 Å². The Morgan fingerprint density at radius 3 is 1.54 bits per heavy atom. The fourth-order valence-electron chi connectivity index (χ4n) is 3.74. The summed E-state index contributed by atoms with van der Waals surface area (Å²) in [5.74, 6) is 2.01. The molecule has 0 bridgehead atoms. The Morgan fingerprint density at radius 1 is 0.600 bits per heavy atom. The molecule has 0 saturated heterocycles. The van der Waals surface area contributed by atoms with Crippen LogP contribution in [-0.4, -0.2) is 9.78 Å². The monoisotopic (exact) mass is 487 g/mol. The maximum Gasteiger partial charge on any atom is 0.310 e. The maximum atomic E-state index is 8.49. The van der Waals surface area contributed by atoms with Gasteiger partial charge >= 0.3 is 5.82 Å². The summed E-state index contributed by atoms with van der Waals surface area (Å²) in [6.45, 7) is 0.738. The average Bonchev–Trinajstić information content (AvgIpc) is 3.24. The molecule has 0 aliphatic carbocycles. The fourth-order valence-corrected chi connectivity index (χ4v) is 3.74. The summed E-state index contributed by atoms with van der Waals surface area (Å²) >= 11 is 0. The molecule has 0 fully saturated rings. The van der Waals surface area contributed by atoms with Gasteiger partial charge in [-0.25, -0.2) is 23.2 Å². The summed E-state index contributed by atoms with van der Waals surface area (Å²) in [6, 6.07) is 41.8. The first-order chi connectivity index (χ1) is 16.9. The van der Waals surface area contributed by atoms with Crippen LogP contribution in [0.3, 0.4) is 0 Å². The molecule has 4 aromatic carbocycles. The van der Waals surface area contributed by atoms with E-state index in [-0.39, 0.29) is 0 Å². The van der Waals surface area contributed by atoms with Crippen molar-refractivity contribution in [1.82, 2.24) is 9.78 Å². The van der Waals surface area contributed by atoms with E-state index >= 15 is 0 Å². The second-order valence-corrected chi connectivity index (χ2v) is 8.33. The molecular formula is C27H22ClN3O4. The first kappa shape index (κ1) is 24.3. The normalized spacial score (nSPS) is 11.0. The van der Waals surface area contributed by atoms with Crippen LogP contribution in [0, 0.1) is 10.2 Å². The van der Waals surface area contributed by atoms with E-state index in [1.807, 2.05) is 18.2 Å². The molecule has 5 rings (SSSR count). The predicted molar refractivity (Wildman–Crippen MR) is 120 cm³/mol. The summed E-state index contributed by atoms with van der Waals surface area (Å²) in [7, 11) is -4.94. The molecule has 0 amide bonds. The van der Waals surface area contributed by atoms with Crippen LogP contribution >= 0.6 is 0 Å². The predicted octanol–water partition coefficient (Wildman–Crippen LogP) is 0.786. The van der Waals surface area contributed by atoms with Gasteiger partial charge in [0.15, 0.2) is 0 Å². The highest BCUT2D eigenvalue weighted by molar-refractivity contribution is 5.59. The highest BCUT2D eigenvalue weighted by Gasteiger charge is 2.29. The van der Waals surface area contributed by atoms with Crippen molar-refractivity contribution in [3.05, 3.63) is 127 Å². The SMILES string of the molecule is [O-][Cl+3]([O-])([O-])[O-].c1ccc(C[n+]2c(-c3ccccc3)nn(-c3ccccc3)c2-c2ccccc2)cc1. The number of hydrogen-bond acceptors (Lipinski definition) is 5. The largest absolute Gasteiger partial charge is 0.310 e. The van der Waals surface area contributed by atoms with E-state index < -0.39 is 10.2 Å². The Morgan fingerprint density at radius 2 is 1.03 bits per heavy atom. The minimum absolute atomic E-state index is 0.738. The van der Waals surface area contributed by atoms with Crippen LogP contribution in [0.2, 0.25) is 0 Å². The molecule has 35 heavy (non-hydrogen) atoms. The third-order valence-corrected chi connectivity index (χ3v) is 5.15. The fraction of sp³-hybridized carbons (Fsp3) is 0.0370. The van der Waals surface area contributed by atoms with E-state index in [1.165, 1.54) is 5.56 Å². The highest BCUT2D eigenvalue weighted by Crippen LogP contribution is 2.24. The molecule has 0 aliphatic heterocycles. The van der Waals surface area contributed by atoms with Crippen molar-refractivity contribution in [2.45, 2.75) is 6.54 Å². The van der Waals surface area contributed by atoms with Gasteiger partial charge in [0.05, 0.1) is 22.8 Å². The van der Waals surface area contributed by atoms with Gasteiger partial charge < -0.3 is 0 Å². The number of hydrogen-bond donors (Lipinski definition) is 0. The molecule has 0 N–H and O–H groups in total. The van der Waals surface area contributed by atoms with Crippen molar-refractivity contribution < 1.29 is 33.4 Å². The molecule has 176 valence electrons. The van der Waals surface area contributed by atoms with Gasteiger partial charge in [-0.3, -0.25) is 0 Å². The Hall–Kier alpha value is -3.85. The zero-order valence-corrected chi connectivity index (χ0v) is 19.4. The van der Waals surface area contributed by atoms with Gasteiger partial charge in [0.25, 0.3) is 5.82 Å². The molecule has 0 saturated carbocycles. The number of nitrogens with zero attached hydrogens (tertiary/aromatic N) is 3. The number of aromatic nitrogens is 3. The minimum atomic E-state index is -4.94. The van der Waals surface area contributed by atoms with E-state index in [9.17, 15) is 0 Å². The zero-order chi connectivity index (χ0) is 24.7. The first-order valence-electron chi connectivity index (χ1n) is 10.7. The molecule has 8 heteroatoms. The van der Waals surface area contributed by atoms with Crippen molar-refractivity contribution in [2.24, 2.45) is 0 Å². The summed E-state index contributed by atoms with van der Waals surface area (Å²) in [5.41, 5.74) is 4.51. The van der Waals surface area contributed by atoms with Crippen LogP contribution in [0.5, 0.6) is 0 Å². The van der Waals surface area contributed by atoms with Crippen molar-refractivity contribution >= 4 is 0 Å². The first-order valence-corrected chi connectivity index (χ1v) is 12.0. The Labute approximate surface area is 205 Å². The third-order valence-electron chi connectivity index (χ3n) is 5.15. The van der Waals surface area contributed by atoms with E-state index in [0.29, 0.717) is 0 Å². The van der Waals surface area contributed by atoms with E-state index in [4.69, 9.17) is 23.7 Å². The maximum absolute atomic E-state index is 8.49. The number of rotatable bonds is 5. The average molecular weight is 488 g/mol. The lowest BCUT2D eigenvalue weighted by Gasteiger charge is -2.17. The van der Waals surface area contributed by atoms with Crippen LogP contribution in [0.1, 0.15) is 5.56 Å². The molecule has 0 spiro atoms. The molecule has 5 aromatic rings. The lowest BCUT2D eigenvalue weighted by molar-refractivity contribution is -2.00. The second kappa shape index (κ2) is 11.1. The summed E-state index contributed by atoms with van der Waals surface area (Å²) in [5, 5.41) is 5.10. The lowest BCUT2D eigenvalue weighted by Crippen LogP contribution is -2.68. The highest BCUT2D eigenvalue weighted by atomic mass is 35.7. The van der Waals surface area contributed by atoms with Crippen LogP contribution < -0.4 is 23.2 Å². The van der Waals surface area contributed by atoms with E-state index in [2.05, 4.69) is 112 Å². The number of benzene rings is 4. The standard InChI is InChI=1S/C27H22N3.ClHO4/c1-5-13-22(14-6-1)21-29-26(23-15-7-2-8-16-23)28-30(25-19-11-4-12-20-25)27(29)24-17-9-3-10-18-24;2-1(3,4)5/h1-20H,21H2;(H,2,3,4,5)/q+1;/p-1. The minimum Gasteiger partial charge on any atom is -0.222 e. The molecule has 7 nitrogen and oxygen atoms in total. The van der Waals surface area contributed by atoms with Gasteiger partial charge in [0.2, 0.25) is 0 Å². The van der Waals surface area contributed by atoms with Crippen molar-refractivity contribution in [3.8, 4) is 28.5 Å². The van der Waals surface area contributed by atoms with Gasteiger partial charge in [-0.05, 0) is 42.0 Å². The van der Waals surface area contributed by atoms with Crippen LogP contribution in [0.25, 0.3) is 28.5 Å². The summed E-state index contributed by atoms with van der Waals surface area (Å²) in [6.07, 6.45) is 0. The van der Waals surface area contributed by atoms with Crippen molar-refractivity contribution in [1.29, 1.82) is 0 Å². The Bertz CT molecular complexity index is 1340. The van der Waals surface area contributed by atoms with Gasteiger partial charge in [-0.1, -0.05) is 89.6 Å². The summed E-state index contributed by atoms with van der Waals surface area (Å²) in [4.78, 5) is 0. The third kappa shape index (κ3) is 6.60. The quantitative estimate of drug-likeness (QED) is 0.340. The molecule has 1 heterocycles. The number of para-hydroxylation sites is 1. The van der Waals surface area contributed by atoms with Gasteiger partial charge in [-0.2, -0.15) is 0 Å². The van der Waals surface area contributed by atoms with Crippen molar-refractivity contribution in [3.63, 3.8) is 0 Å². The Kier molecular flexibility index (Phi) is 7.67. The van der Waals surface area contributed by atoms with Crippen LogP contribution in [0.15, 0.2) is 121 Å². The molecule has 0 unspecified atom stereocenters. The van der Waals surface area contributed by atoms with Crippen molar-refractivity contribution in [2.75, 3.05) is 0 Å². The van der Waals surface area contributed by atoms with E-state index in [1.54, 1.807) is 0 Å². The zero-order valence-electron chi connectivity index (χ0n) is 18.6. The van der Waals surface area contributed by atoms with Crippen LogP contribution in [-0.2, 0) is 6.54 Å². The molecule has 1 aromatic heterocycles. The molecule has 0 aliphatic rings. The van der Waals surface area contributed by atoms with Gasteiger partial charge in [0, 0.05) is 0 Å². The van der Waals surface area contributed by atoms with Gasteiger partial charge in [0.1, 0.15) is 5.69 Å². The number of halogens is 1. The topological polar surface area (TPSA) is 114 Å². The Balaban J connectivity index is 0.000000527. The second-order valence-electron chi connectivity index (χ2n) is 7.58. The van der Waals surface area contributed by atoms with E-state index in [0.717, 1.165) is 35.0 Å². The molecule has 0 radical (unpaired) electrons. The molecular weight excluding hydrogens is 466 g/mol. The van der Waals surface area contributed by atoms with Gasteiger partial charge in [-0.15, -0.1) is 10.2 Å².